The van der Waals surface area contributed by atoms with E-state index in [1.165, 1.54) is 11.8 Å². The number of carboxylic acids is 2. The molecule has 1 aliphatic heterocycles. The number of carbonyl (C=O) groups is 7. The van der Waals surface area contributed by atoms with Crippen LogP contribution in [0.5, 0.6) is 0 Å². The summed E-state index contributed by atoms with van der Waals surface area (Å²) in [5.74, 6) is -6.76. The third-order valence-electron chi connectivity index (χ3n) is 7.00. The van der Waals surface area contributed by atoms with Crippen molar-refractivity contribution in [1.29, 1.82) is 5.41 Å². The van der Waals surface area contributed by atoms with Gasteiger partial charge in [-0.15, -0.1) is 0 Å². The van der Waals surface area contributed by atoms with E-state index < -0.39 is 78.8 Å². The lowest BCUT2D eigenvalue weighted by molar-refractivity contribution is -0.143. The third-order valence-corrected chi connectivity index (χ3v) is 7.00. The summed E-state index contributed by atoms with van der Waals surface area (Å²) in [5.41, 5.74) is 5.29. The molecule has 18 heteroatoms. The van der Waals surface area contributed by atoms with E-state index in [4.69, 9.17) is 16.2 Å². The summed E-state index contributed by atoms with van der Waals surface area (Å²) < 4.78 is 0. The Kier molecular flexibility index (Phi) is 16.3. The summed E-state index contributed by atoms with van der Waals surface area (Å²) in [4.78, 5) is 88.2. The van der Waals surface area contributed by atoms with E-state index in [-0.39, 0.29) is 50.0 Å². The number of rotatable bonds is 19. The number of nitrogens with zero attached hydrogens (tertiary/aromatic N) is 1. The van der Waals surface area contributed by atoms with Crippen molar-refractivity contribution < 1.29 is 48.9 Å². The first-order valence-electron chi connectivity index (χ1n) is 14.7. The second-order valence-corrected chi connectivity index (χ2v) is 11.2. The van der Waals surface area contributed by atoms with Gasteiger partial charge in [0.2, 0.25) is 29.5 Å². The molecule has 1 aliphatic rings. The Balaban J connectivity index is 3.10. The predicted octanol–water partition coefficient (Wildman–Crippen LogP) is -2.81. The van der Waals surface area contributed by atoms with Gasteiger partial charge in [0.25, 0.3) is 0 Å². The summed E-state index contributed by atoms with van der Waals surface area (Å²) in [6.07, 6.45) is 0.299. The van der Waals surface area contributed by atoms with E-state index >= 15 is 0 Å². The molecule has 0 aromatic carbocycles. The molecule has 0 aromatic rings. The van der Waals surface area contributed by atoms with Crippen molar-refractivity contribution in [2.45, 2.75) is 95.9 Å². The number of likely N-dealkylation sites (tertiary alicyclic amines) is 1. The second-order valence-electron chi connectivity index (χ2n) is 11.2. The normalized spacial score (nSPS) is 16.9. The van der Waals surface area contributed by atoms with Crippen molar-refractivity contribution in [2.24, 2.45) is 11.7 Å². The number of hydrogen-bond donors (Lipinski definition) is 10. The molecule has 45 heavy (non-hydrogen) atoms. The monoisotopic (exact) mass is 642 g/mol. The van der Waals surface area contributed by atoms with Crippen molar-refractivity contribution in [3.05, 3.63) is 0 Å². The topological polar surface area (TPSA) is 293 Å². The maximum atomic E-state index is 13.4. The highest BCUT2D eigenvalue weighted by Crippen LogP contribution is 2.17. The minimum Gasteiger partial charge on any atom is -0.481 e. The Morgan fingerprint density at radius 2 is 1.47 bits per heavy atom. The first kappa shape index (κ1) is 38.5. The van der Waals surface area contributed by atoms with Gasteiger partial charge >= 0.3 is 11.9 Å². The second kappa shape index (κ2) is 19.0. The SMILES string of the molecule is CC(=O)N1CCC[C@H]1C(=O)N[C@@H](CO)C(=O)N[C@@H](CCCNC(=N)N)C(=O)N[C@@H](CC(C)C)C(=O)N[C@@H](CCC(=O)O)C(=O)O. The third kappa shape index (κ3) is 13.8. The van der Waals surface area contributed by atoms with Gasteiger partial charge in [0, 0.05) is 26.4 Å². The Bertz CT molecular complexity index is 1100. The van der Waals surface area contributed by atoms with Gasteiger partial charge in [-0.2, -0.15) is 0 Å². The van der Waals surface area contributed by atoms with Crippen molar-refractivity contribution >= 4 is 47.4 Å². The fourth-order valence-corrected chi connectivity index (χ4v) is 4.72. The summed E-state index contributed by atoms with van der Waals surface area (Å²) in [7, 11) is 0. The van der Waals surface area contributed by atoms with Crippen LogP contribution in [0.2, 0.25) is 0 Å². The molecule has 0 saturated carbocycles. The lowest BCUT2D eigenvalue weighted by Gasteiger charge is -2.27. The molecule has 0 radical (unpaired) electrons. The van der Waals surface area contributed by atoms with Gasteiger partial charge in [0.05, 0.1) is 6.61 Å². The van der Waals surface area contributed by atoms with Crippen LogP contribution in [-0.2, 0) is 33.6 Å². The fraction of sp³-hybridized carbons (Fsp3) is 0.704. The van der Waals surface area contributed by atoms with Gasteiger partial charge in [-0.1, -0.05) is 13.8 Å². The van der Waals surface area contributed by atoms with Gasteiger partial charge in [-0.05, 0) is 44.4 Å². The van der Waals surface area contributed by atoms with Crippen molar-refractivity contribution in [1.82, 2.24) is 31.5 Å². The van der Waals surface area contributed by atoms with Crippen LogP contribution < -0.4 is 32.3 Å². The average molecular weight is 643 g/mol. The zero-order valence-corrected chi connectivity index (χ0v) is 25.8. The standard InChI is InChI=1S/C27H46N8O10/c1-14(2)12-18(23(41)32-17(26(44)45)8-9-21(38)39)33-22(40)16(6-4-10-30-27(28)29)31-24(42)19(13-36)34-25(43)20-7-5-11-35(20)15(3)37/h14,16-20,36H,4-13H2,1-3H3,(H,31,42)(H,32,41)(H,33,40)(H,34,43)(H,38,39)(H,44,45)(H4,28,29,30)/t16-,17-,18-,19-,20-/m0/s1. The molecule has 254 valence electrons. The molecule has 0 spiro atoms. The molecule has 0 aliphatic carbocycles. The Labute approximate surface area is 260 Å². The van der Waals surface area contributed by atoms with E-state index in [2.05, 4.69) is 26.6 Å². The van der Waals surface area contributed by atoms with Crippen LogP contribution in [0.3, 0.4) is 0 Å². The van der Waals surface area contributed by atoms with Crippen molar-refractivity contribution in [3.63, 3.8) is 0 Å². The van der Waals surface area contributed by atoms with Crippen LogP contribution in [0.25, 0.3) is 0 Å². The van der Waals surface area contributed by atoms with E-state index in [0.717, 1.165) is 0 Å². The number of aliphatic hydroxyl groups excluding tert-OH is 1. The molecular weight excluding hydrogens is 596 g/mol. The number of carboxylic acid groups (broad SMARTS) is 2. The highest BCUT2D eigenvalue weighted by molar-refractivity contribution is 5.96. The van der Waals surface area contributed by atoms with Crippen molar-refractivity contribution in [2.75, 3.05) is 19.7 Å². The summed E-state index contributed by atoms with van der Waals surface area (Å²) in [5, 5.41) is 47.7. The number of nitrogens with one attached hydrogen (secondary N) is 6. The Hall–Kier alpha value is -4.48. The number of guanidine groups is 1. The fourth-order valence-electron chi connectivity index (χ4n) is 4.72. The van der Waals surface area contributed by atoms with Crippen LogP contribution in [0.15, 0.2) is 0 Å². The van der Waals surface area contributed by atoms with E-state index in [9.17, 15) is 43.8 Å². The average Bonchev–Trinajstić information content (AvgIpc) is 3.45. The predicted molar refractivity (Wildman–Crippen MR) is 158 cm³/mol. The number of aliphatic carboxylic acids is 2. The molecule has 18 nitrogen and oxygen atoms in total. The maximum absolute atomic E-state index is 13.4. The molecule has 1 saturated heterocycles. The minimum atomic E-state index is -1.53. The molecule has 5 atom stereocenters. The van der Waals surface area contributed by atoms with Crippen LogP contribution in [0, 0.1) is 11.3 Å². The molecule has 0 unspecified atom stereocenters. The van der Waals surface area contributed by atoms with E-state index in [1.54, 1.807) is 13.8 Å². The lowest BCUT2D eigenvalue weighted by Crippen LogP contribution is -2.59. The maximum Gasteiger partial charge on any atom is 0.326 e. The molecular formula is C27H46N8O10. The first-order chi connectivity index (χ1) is 21.1. The first-order valence-corrected chi connectivity index (χ1v) is 14.7. The molecule has 11 N–H and O–H groups in total. The van der Waals surface area contributed by atoms with Gasteiger partial charge in [0.1, 0.15) is 30.2 Å². The van der Waals surface area contributed by atoms with Crippen LogP contribution in [0.1, 0.15) is 65.7 Å². The highest BCUT2D eigenvalue weighted by Gasteiger charge is 2.36. The zero-order chi connectivity index (χ0) is 34.3. The Morgan fingerprint density at radius 3 is 2.00 bits per heavy atom. The smallest absolute Gasteiger partial charge is 0.326 e. The van der Waals surface area contributed by atoms with E-state index in [1.807, 2.05) is 0 Å². The molecule has 1 heterocycles. The van der Waals surface area contributed by atoms with Gasteiger partial charge in [-0.3, -0.25) is 34.2 Å². The number of nitrogens with two attached hydrogens (primary N) is 1. The molecule has 5 amide bonds. The molecule has 0 bridgehead atoms. The number of amides is 5. The van der Waals surface area contributed by atoms with Gasteiger partial charge < -0.3 is 52.5 Å². The zero-order valence-electron chi connectivity index (χ0n) is 25.8. The number of hydrogen-bond acceptors (Lipinski definition) is 9. The van der Waals surface area contributed by atoms with E-state index in [0.29, 0.717) is 19.4 Å². The quantitative estimate of drug-likeness (QED) is 0.0388. The minimum absolute atomic E-state index is 0.0307. The highest BCUT2D eigenvalue weighted by atomic mass is 16.4. The van der Waals surface area contributed by atoms with Crippen LogP contribution >= 0.6 is 0 Å². The number of carbonyl (C=O) groups excluding carboxylic acids is 5. The van der Waals surface area contributed by atoms with Gasteiger partial charge in [0.15, 0.2) is 5.96 Å². The molecule has 0 aromatic heterocycles. The number of aliphatic hydroxyl groups is 1. The van der Waals surface area contributed by atoms with Gasteiger partial charge in [-0.25, -0.2) is 4.79 Å². The lowest BCUT2D eigenvalue weighted by atomic mass is 10.0. The van der Waals surface area contributed by atoms with Crippen LogP contribution in [-0.4, -0.2) is 118 Å². The molecule has 1 fully saturated rings. The van der Waals surface area contributed by atoms with Crippen molar-refractivity contribution in [3.8, 4) is 0 Å². The van der Waals surface area contributed by atoms with Crippen LogP contribution in [0.4, 0.5) is 0 Å². The summed E-state index contributed by atoms with van der Waals surface area (Å²) >= 11 is 0. The summed E-state index contributed by atoms with van der Waals surface area (Å²) in [6, 6.07) is -6.38. The molecule has 1 rings (SSSR count). The Morgan fingerprint density at radius 1 is 0.889 bits per heavy atom. The summed E-state index contributed by atoms with van der Waals surface area (Å²) in [6.45, 7) is 4.52. The largest absolute Gasteiger partial charge is 0.481 e.